The highest BCUT2D eigenvalue weighted by atomic mass is 32.2. The molecule has 31 heavy (non-hydrogen) atoms. The number of rotatable bonds is 5. The molecule has 1 fully saturated rings. The summed E-state index contributed by atoms with van der Waals surface area (Å²) in [5.74, 6) is 0.164. The maximum atomic E-state index is 14.1. The Bertz CT molecular complexity index is 1070. The molecule has 0 aliphatic carbocycles. The van der Waals surface area contributed by atoms with Crippen LogP contribution in [0.5, 0.6) is 0 Å². The number of carbonyl (C=O) groups excluding carboxylic acids is 1. The number of hydrogen-bond donors (Lipinski definition) is 1. The van der Waals surface area contributed by atoms with Gasteiger partial charge in [0.25, 0.3) is 0 Å². The van der Waals surface area contributed by atoms with Crippen LogP contribution in [-0.4, -0.2) is 29.0 Å². The maximum Gasteiger partial charge on any atom is 0.227 e. The zero-order valence-corrected chi connectivity index (χ0v) is 18.5. The van der Waals surface area contributed by atoms with Crippen molar-refractivity contribution in [3.63, 3.8) is 0 Å². The predicted octanol–water partition coefficient (Wildman–Crippen LogP) is 5.24. The Balaban J connectivity index is 1.39. The molecule has 1 aliphatic rings. The fraction of sp³-hybridized carbons (Fsp3) is 0.292. The molecule has 1 aromatic heterocycles. The Labute approximate surface area is 186 Å². The van der Waals surface area contributed by atoms with Crippen molar-refractivity contribution in [2.45, 2.75) is 36.6 Å². The fourth-order valence-electron chi connectivity index (χ4n) is 3.63. The molecule has 0 radical (unpaired) electrons. The normalized spacial score (nSPS) is 14.5. The average Bonchev–Trinajstić information content (AvgIpc) is 2.78. The third kappa shape index (κ3) is 5.22. The smallest absolute Gasteiger partial charge is 0.227 e. The number of aryl methyl sites for hydroxylation is 2. The summed E-state index contributed by atoms with van der Waals surface area (Å²) in [6.45, 7) is 5.29. The van der Waals surface area contributed by atoms with E-state index in [9.17, 15) is 9.18 Å². The lowest BCUT2D eigenvalue weighted by Gasteiger charge is -2.32. The van der Waals surface area contributed by atoms with Crippen LogP contribution in [0.3, 0.4) is 0 Å². The summed E-state index contributed by atoms with van der Waals surface area (Å²) in [4.78, 5) is 25.1. The predicted molar refractivity (Wildman–Crippen MR) is 122 cm³/mol. The van der Waals surface area contributed by atoms with Crippen molar-refractivity contribution in [2.24, 2.45) is 5.92 Å². The van der Waals surface area contributed by atoms with Crippen LogP contribution in [0.1, 0.15) is 24.0 Å². The molecule has 2 heterocycles. The molecule has 1 N–H and O–H groups in total. The summed E-state index contributed by atoms with van der Waals surface area (Å²) in [6, 6.07) is 13.2. The molecule has 2 aromatic carbocycles. The second-order valence-corrected chi connectivity index (χ2v) is 8.90. The van der Waals surface area contributed by atoms with E-state index in [-0.39, 0.29) is 17.5 Å². The van der Waals surface area contributed by atoms with Gasteiger partial charge in [-0.2, -0.15) is 0 Å². The molecular weight excluding hydrogens is 411 g/mol. The van der Waals surface area contributed by atoms with Gasteiger partial charge in [-0.15, -0.1) is 0 Å². The first-order chi connectivity index (χ1) is 15.0. The van der Waals surface area contributed by atoms with Gasteiger partial charge in [0.05, 0.1) is 5.69 Å². The lowest BCUT2D eigenvalue weighted by molar-refractivity contribution is -0.120. The number of hydrogen-bond acceptors (Lipinski definition) is 5. The van der Waals surface area contributed by atoms with Crippen LogP contribution in [0.2, 0.25) is 0 Å². The molecule has 1 saturated heterocycles. The maximum absolute atomic E-state index is 14.1. The summed E-state index contributed by atoms with van der Waals surface area (Å²) in [6.07, 6.45) is 4.78. The van der Waals surface area contributed by atoms with Gasteiger partial charge in [0.2, 0.25) is 5.91 Å². The highest BCUT2D eigenvalue weighted by Crippen LogP contribution is 2.34. The quantitative estimate of drug-likeness (QED) is 0.593. The molecule has 0 atom stereocenters. The SMILES string of the molecule is Cc1ccc(Sc2nccnc2N2CCC(C(=O)Nc3ccc(C)cc3F)CC2)cc1. The third-order valence-electron chi connectivity index (χ3n) is 5.43. The van der Waals surface area contributed by atoms with Crippen LogP contribution in [0.15, 0.2) is 64.8 Å². The second kappa shape index (κ2) is 9.47. The highest BCUT2D eigenvalue weighted by Gasteiger charge is 2.27. The number of aromatic nitrogens is 2. The summed E-state index contributed by atoms with van der Waals surface area (Å²) < 4.78 is 14.1. The van der Waals surface area contributed by atoms with Gasteiger partial charge in [0.15, 0.2) is 5.82 Å². The van der Waals surface area contributed by atoms with Crippen LogP contribution < -0.4 is 10.2 Å². The van der Waals surface area contributed by atoms with Crippen molar-refractivity contribution in [1.29, 1.82) is 0 Å². The van der Waals surface area contributed by atoms with Gasteiger partial charge in [-0.1, -0.05) is 35.5 Å². The molecule has 0 unspecified atom stereocenters. The van der Waals surface area contributed by atoms with Crippen LogP contribution >= 0.6 is 11.8 Å². The molecule has 0 spiro atoms. The van der Waals surface area contributed by atoms with E-state index in [2.05, 4.69) is 51.4 Å². The van der Waals surface area contributed by atoms with Gasteiger partial charge in [0.1, 0.15) is 10.8 Å². The number of amides is 1. The van der Waals surface area contributed by atoms with E-state index in [4.69, 9.17) is 0 Å². The minimum absolute atomic E-state index is 0.129. The lowest BCUT2D eigenvalue weighted by atomic mass is 9.96. The minimum atomic E-state index is -0.400. The van der Waals surface area contributed by atoms with E-state index in [0.29, 0.717) is 25.9 Å². The van der Waals surface area contributed by atoms with Gasteiger partial charge < -0.3 is 10.2 Å². The second-order valence-electron chi connectivity index (χ2n) is 7.83. The van der Waals surface area contributed by atoms with Gasteiger partial charge in [-0.25, -0.2) is 14.4 Å². The van der Waals surface area contributed by atoms with Crippen LogP contribution in [0.25, 0.3) is 0 Å². The zero-order chi connectivity index (χ0) is 21.8. The van der Waals surface area contributed by atoms with Gasteiger partial charge >= 0.3 is 0 Å². The Hall–Kier alpha value is -2.93. The summed E-state index contributed by atoms with van der Waals surface area (Å²) >= 11 is 1.59. The van der Waals surface area contributed by atoms with Crippen molar-refractivity contribution >= 4 is 29.2 Å². The number of halogens is 1. The van der Waals surface area contributed by atoms with Crippen molar-refractivity contribution < 1.29 is 9.18 Å². The first-order valence-electron chi connectivity index (χ1n) is 10.4. The minimum Gasteiger partial charge on any atom is -0.354 e. The van der Waals surface area contributed by atoms with Crippen molar-refractivity contribution in [1.82, 2.24) is 9.97 Å². The first kappa shape index (κ1) is 21.3. The first-order valence-corrected chi connectivity index (χ1v) is 11.2. The van der Waals surface area contributed by atoms with Crippen LogP contribution in [0.4, 0.5) is 15.9 Å². The summed E-state index contributed by atoms with van der Waals surface area (Å²) in [5, 5.41) is 3.60. The molecule has 5 nitrogen and oxygen atoms in total. The summed E-state index contributed by atoms with van der Waals surface area (Å²) in [7, 11) is 0. The monoisotopic (exact) mass is 436 g/mol. The third-order valence-corrected chi connectivity index (χ3v) is 6.42. The molecular formula is C24H25FN4OS. The summed E-state index contributed by atoms with van der Waals surface area (Å²) in [5.41, 5.74) is 2.28. The number of nitrogens with zero attached hydrogens (tertiary/aromatic N) is 3. The Kier molecular flexibility index (Phi) is 6.51. The number of carbonyl (C=O) groups is 1. The van der Waals surface area contributed by atoms with E-state index in [1.807, 2.05) is 6.92 Å². The number of anilines is 2. The molecule has 1 amide bonds. The van der Waals surface area contributed by atoms with Gasteiger partial charge in [0, 0.05) is 36.3 Å². The average molecular weight is 437 g/mol. The van der Waals surface area contributed by atoms with E-state index >= 15 is 0 Å². The Morgan fingerprint density at radius 1 is 1.03 bits per heavy atom. The van der Waals surface area contributed by atoms with E-state index in [1.54, 1.807) is 36.3 Å². The molecule has 1 aliphatic heterocycles. The van der Waals surface area contributed by atoms with Crippen molar-refractivity contribution in [2.75, 3.05) is 23.3 Å². The Morgan fingerprint density at radius 2 is 1.71 bits per heavy atom. The topological polar surface area (TPSA) is 58.1 Å². The van der Waals surface area contributed by atoms with Crippen LogP contribution in [0, 0.1) is 25.6 Å². The molecule has 160 valence electrons. The molecule has 7 heteroatoms. The number of nitrogens with one attached hydrogen (secondary N) is 1. The Morgan fingerprint density at radius 3 is 2.42 bits per heavy atom. The lowest BCUT2D eigenvalue weighted by Crippen LogP contribution is -2.39. The standard InChI is InChI=1S/C24H25FN4OS/c1-16-3-6-19(7-4-16)31-24-22(26-11-12-27-24)29-13-9-18(10-14-29)23(30)28-21-8-5-17(2)15-20(21)25/h3-8,11-12,15,18H,9-10,13-14H2,1-2H3,(H,28,30). The van der Waals surface area contributed by atoms with Gasteiger partial charge in [-0.3, -0.25) is 4.79 Å². The highest BCUT2D eigenvalue weighted by molar-refractivity contribution is 7.99. The fourth-order valence-corrected chi connectivity index (χ4v) is 4.52. The largest absolute Gasteiger partial charge is 0.354 e. The van der Waals surface area contributed by atoms with E-state index in [1.165, 1.54) is 11.6 Å². The number of piperidine rings is 1. The molecule has 4 rings (SSSR count). The molecule has 3 aromatic rings. The molecule has 0 saturated carbocycles. The van der Waals surface area contributed by atoms with Gasteiger partial charge in [-0.05, 0) is 56.5 Å². The zero-order valence-electron chi connectivity index (χ0n) is 17.6. The number of benzene rings is 2. The van der Waals surface area contributed by atoms with Crippen molar-refractivity contribution in [3.05, 3.63) is 71.8 Å². The van der Waals surface area contributed by atoms with E-state index in [0.717, 1.165) is 21.3 Å². The van der Waals surface area contributed by atoms with Crippen molar-refractivity contribution in [3.8, 4) is 0 Å². The van der Waals surface area contributed by atoms with Crippen LogP contribution in [-0.2, 0) is 4.79 Å². The molecule has 0 bridgehead atoms. The van der Waals surface area contributed by atoms with E-state index < -0.39 is 5.82 Å².